The molecule has 134 valence electrons. The summed E-state index contributed by atoms with van der Waals surface area (Å²) in [6, 6.07) is 18.6. The number of nitrogens with zero attached hydrogens (tertiary/aromatic N) is 4. The molecule has 1 N–H and O–H groups in total. The van der Waals surface area contributed by atoms with Crippen LogP contribution < -0.4 is 5.32 Å². The third-order valence-electron chi connectivity index (χ3n) is 4.90. The minimum absolute atomic E-state index is 0.0410. The number of fused-ring (bicyclic) bond motifs is 2. The fraction of sp³-hybridized carbons (Fsp3) is 0.190. The van der Waals surface area contributed by atoms with E-state index in [-0.39, 0.29) is 6.04 Å². The molecule has 1 unspecified atom stereocenters. The van der Waals surface area contributed by atoms with Gasteiger partial charge in [0.2, 0.25) is 5.95 Å². The summed E-state index contributed by atoms with van der Waals surface area (Å²) in [6.45, 7) is 3.16. The Hall–Kier alpha value is -3.25. The van der Waals surface area contributed by atoms with Gasteiger partial charge < -0.3 is 10.1 Å². The van der Waals surface area contributed by atoms with Crippen molar-refractivity contribution in [2.24, 2.45) is 0 Å². The lowest BCUT2D eigenvalue weighted by Crippen LogP contribution is -2.25. The number of benzene rings is 2. The molecule has 2 aromatic carbocycles. The van der Waals surface area contributed by atoms with E-state index in [4.69, 9.17) is 4.74 Å². The van der Waals surface area contributed by atoms with Crippen LogP contribution in [0.2, 0.25) is 0 Å². The van der Waals surface area contributed by atoms with E-state index >= 15 is 0 Å². The van der Waals surface area contributed by atoms with E-state index < -0.39 is 0 Å². The first-order valence-electron chi connectivity index (χ1n) is 8.98. The quantitative estimate of drug-likeness (QED) is 0.600. The predicted molar refractivity (Wildman–Crippen MR) is 104 cm³/mol. The molecule has 0 fully saturated rings. The highest BCUT2D eigenvalue weighted by atomic mass is 16.5. The van der Waals surface area contributed by atoms with Crippen LogP contribution in [-0.2, 0) is 11.3 Å². The summed E-state index contributed by atoms with van der Waals surface area (Å²) in [5.74, 6) is 1.55. The van der Waals surface area contributed by atoms with E-state index in [9.17, 15) is 0 Å². The zero-order valence-electron chi connectivity index (χ0n) is 15.0. The first-order chi connectivity index (χ1) is 13.3. The van der Waals surface area contributed by atoms with E-state index in [1.165, 1.54) is 11.1 Å². The van der Waals surface area contributed by atoms with Gasteiger partial charge in [0.1, 0.15) is 6.61 Å². The van der Waals surface area contributed by atoms with E-state index in [0.717, 1.165) is 28.4 Å². The highest BCUT2D eigenvalue weighted by Crippen LogP contribution is 2.31. The van der Waals surface area contributed by atoms with Crippen LogP contribution in [0.15, 0.2) is 60.8 Å². The molecular formula is C21H19N5O. The van der Waals surface area contributed by atoms with Crippen molar-refractivity contribution in [1.29, 1.82) is 0 Å². The summed E-state index contributed by atoms with van der Waals surface area (Å²) in [4.78, 5) is 4.43. The standard InChI is InChI=1S/C21H19N5O/c1-14-5-2-6-15(11-14)19-12-27-13-20-24-25-21(26(19)20)23-18-9-3-8-17-16(18)7-4-10-22-17/h2-11,19H,12-13H2,1H3,(H,23,25). The molecule has 27 heavy (non-hydrogen) atoms. The Morgan fingerprint density at radius 2 is 2.00 bits per heavy atom. The molecule has 0 bridgehead atoms. The van der Waals surface area contributed by atoms with Gasteiger partial charge in [-0.1, -0.05) is 35.9 Å². The van der Waals surface area contributed by atoms with Gasteiger partial charge in [0.25, 0.3) is 0 Å². The first-order valence-corrected chi connectivity index (χ1v) is 8.98. The van der Waals surface area contributed by atoms with Gasteiger partial charge in [-0.05, 0) is 36.8 Å². The second-order valence-electron chi connectivity index (χ2n) is 6.76. The molecule has 0 radical (unpaired) electrons. The zero-order chi connectivity index (χ0) is 18.2. The number of aromatic nitrogens is 4. The van der Waals surface area contributed by atoms with Gasteiger partial charge in [0.15, 0.2) is 5.82 Å². The number of nitrogens with one attached hydrogen (secondary N) is 1. The van der Waals surface area contributed by atoms with Gasteiger partial charge in [0, 0.05) is 11.6 Å². The number of hydrogen-bond donors (Lipinski definition) is 1. The van der Waals surface area contributed by atoms with Crippen molar-refractivity contribution in [3.8, 4) is 0 Å². The lowest BCUT2D eigenvalue weighted by molar-refractivity contribution is 0.0670. The molecule has 6 nitrogen and oxygen atoms in total. The van der Waals surface area contributed by atoms with Gasteiger partial charge in [-0.3, -0.25) is 9.55 Å². The average molecular weight is 357 g/mol. The van der Waals surface area contributed by atoms with E-state index in [0.29, 0.717) is 13.2 Å². The van der Waals surface area contributed by atoms with Crippen LogP contribution in [-0.4, -0.2) is 26.4 Å². The first kappa shape index (κ1) is 16.0. The Morgan fingerprint density at radius 3 is 2.93 bits per heavy atom. The van der Waals surface area contributed by atoms with Crippen molar-refractivity contribution in [3.05, 3.63) is 77.7 Å². The van der Waals surface area contributed by atoms with Crippen LogP contribution in [0.4, 0.5) is 11.6 Å². The number of pyridine rings is 1. The number of anilines is 2. The molecule has 0 saturated heterocycles. The van der Waals surface area contributed by atoms with Gasteiger partial charge in [-0.15, -0.1) is 10.2 Å². The Labute approximate surface area is 156 Å². The minimum atomic E-state index is 0.0410. The highest BCUT2D eigenvalue weighted by Gasteiger charge is 2.27. The maximum Gasteiger partial charge on any atom is 0.229 e. The lowest BCUT2D eigenvalue weighted by atomic mass is 10.0. The largest absolute Gasteiger partial charge is 0.371 e. The van der Waals surface area contributed by atoms with Crippen molar-refractivity contribution in [1.82, 2.24) is 19.7 Å². The molecule has 0 saturated carbocycles. The van der Waals surface area contributed by atoms with Crippen LogP contribution in [0.3, 0.4) is 0 Å². The Balaban J connectivity index is 1.58. The van der Waals surface area contributed by atoms with Crippen molar-refractivity contribution in [2.75, 3.05) is 11.9 Å². The molecule has 4 aromatic rings. The number of rotatable bonds is 3. The monoisotopic (exact) mass is 357 g/mol. The second kappa shape index (κ2) is 6.48. The van der Waals surface area contributed by atoms with Crippen molar-refractivity contribution < 1.29 is 4.74 Å². The van der Waals surface area contributed by atoms with Crippen molar-refractivity contribution in [3.63, 3.8) is 0 Å². The van der Waals surface area contributed by atoms with Gasteiger partial charge in [-0.25, -0.2) is 0 Å². The fourth-order valence-corrected chi connectivity index (χ4v) is 3.63. The Bertz CT molecular complexity index is 1120. The molecular weight excluding hydrogens is 338 g/mol. The van der Waals surface area contributed by atoms with Crippen LogP contribution in [0.5, 0.6) is 0 Å². The molecule has 3 heterocycles. The molecule has 0 amide bonds. The molecule has 0 aliphatic carbocycles. The maximum absolute atomic E-state index is 5.78. The summed E-state index contributed by atoms with van der Waals surface area (Å²) in [7, 11) is 0. The smallest absolute Gasteiger partial charge is 0.229 e. The second-order valence-corrected chi connectivity index (χ2v) is 6.76. The number of aryl methyl sites for hydroxylation is 1. The zero-order valence-corrected chi connectivity index (χ0v) is 15.0. The third-order valence-corrected chi connectivity index (χ3v) is 4.90. The topological polar surface area (TPSA) is 64.9 Å². The van der Waals surface area contributed by atoms with Crippen LogP contribution in [0, 0.1) is 6.92 Å². The van der Waals surface area contributed by atoms with Gasteiger partial charge in [-0.2, -0.15) is 0 Å². The Morgan fingerprint density at radius 1 is 1.07 bits per heavy atom. The van der Waals surface area contributed by atoms with Crippen LogP contribution >= 0.6 is 0 Å². The van der Waals surface area contributed by atoms with Crippen LogP contribution in [0.25, 0.3) is 10.9 Å². The minimum Gasteiger partial charge on any atom is -0.371 e. The average Bonchev–Trinajstić information content (AvgIpc) is 3.11. The van der Waals surface area contributed by atoms with Gasteiger partial charge >= 0.3 is 0 Å². The molecule has 2 aromatic heterocycles. The molecule has 0 spiro atoms. The number of hydrogen-bond acceptors (Lipinski definition) is 5. The molecule has 5 rings (SSSR count). The molecule has 1 aliphatic heterocycles. The predicted octanol–water partition coefficient (Wildman–Crippen LogP) is 4.00. The normalized spacial score (nSPS) is 16.3. The van der Waals surface area contributed by atoms with E-state index in [1.807, 2.05) is 24.3 Å². The maximum atomic E-state index is 5.78. The molecule has 6 heteroatoms. The summed E-state index contributed by atoms with van der Waals surface area (Å²) >= 11 is 0. The number of ether oxygens (including phenoxy) is 1. The molecule has 1 atom stereocenters. The summed E-state index contributed by atoms with van der Waals surface area (Å²) in [5, 5.41) is 13.3. The highest BCUT2D eigenvalue weighted by molar-refractivity contribution is 5.92. The summed E-state index contributed by atoms with van der Waals surface area (Å²) in [6.07, 6.45) is 1.80. The summed E-state index contributed by atoms with van der Waals surface area (Å²) < 4.78 is 7.92. The van der Waals surface area contributed by atoms with E-state index in [1.54, 1.807) is 6.20 Å². The van der Waals surface area contributed by atoms with Crippen LogP contribution in [0.1, 0.15) is 23.0 Å². The summed E-state index contributed by atoms with van der Waals surface area (Å²) in [5.41, 5.74) is 4.32. The van der Waals surface area contributed by atoms with E-state index in [2.05, 4.69) is 62.3 Å². The van der Waals surface area contributed by atoms with Crippen molar-refractivity contribution >= 4 is 22.5 Å². The van der Waals surface area contributed by atoms with Crippen molar-refractivity contribution in [2.45, 2.75) is 19.6 Å². The lowest BCUT2D eigenvalue weighted by Gasteiger charge is -2.27. The van der Waals surface area contributed by atoms with Gasteiger partial charge in [0.05, 0.1) is 23.9 Å². The SMILES string of the molecule is Cc1cccc(C2COCc3nnc(Nc4cccc5ncccc45)n32)c1. The third kappa shape index (κ3) is 2.84. The fourth-order valence-electron chi connectivity index (χ4n) is 3.63. The molecule has 1 aliphatic rings. The Kier molecular flexibility index (Phi) is 3.83.